The van der Waals surface area contributed by atoms with Crippen molar-refractivity contribution in [2.45, 2.75) is 6.42 Å². The lowest BCUT2D eigenvalue weighted by Crippen LogP contribution is -1.92. The molecule has 2 aromatic carbocycles. The zero-order valence-electron chi connectivity index (χ0n) is 12.4. The van der Waals surface area contributed by atoms with Gasteiger partial charge in [0.15, 0.2) is 23.1 Å². The molecule has 0 saturated carbocycles. The summed E-state index contributed by atoms with van der Waals surface area (Å²) in [6.45, 7) is 0. The van der Waals surface area contributed by atoms with E-state index in [1.54, 1.807) is 0 Å². The minimum atomic E-state index is -0.865. The minimum absolute atomic E-state index is 0.0442. The van der Waals surface area contributed by atoms with Gasteiger partial charge in [0, 0.05) is 12.5 Å². The molecule has 0 bridgehead atoms. The first-order chi connectivity index (χ1) is 11.8. The van der Waals surface area contributed by atoms with Crippen molar-refractivity contribution in [1.29, 1.82) is 0 Å². The molecule has 1 heterocycles. The molecule has 0 aliphatic rings. The maximum absolute atomic E-state index is 13.0. The molecule has 3 rings (SSSR count). The van der Waals surface area contributed by atoms with Crippen LogP contribution in [-0.4, -0.2) is 30.4 Å². The van der Waals surface area contributed by atoms with Gasteiger partial charge >= 0.3 is 5.69 Å². The van der Waals surface area contributed by atoms with Crippen LogP contribution in [0, 0.1) is 15.9 Å². The Balaban J connectivity index is 1.91. The number of phenols is 3. The lowest BCUT2D eigenvalue weighted by molar-refractivity contribution is -0.385. The molecular weight excluding hydrogens is 337 g/mol. The molecule has 0 atom stereocenters. The standard InChI is InChI=1S/C15H10FN3O6/c16-9-2-1-7(3-11(9)20)4-13-17-15(25-18-13)8-5-10(19(23)24)14(22)12(21)6-8/h1-3,5-6,20-22H,4H2. The lowest BCUT2D eigenvalue weighted by atomic mass is 10.1. The summed E-state index contributed by atoms with van der Waals surface area (Å²) in [7, 11) is 0. The van der Waals surface area contributed by atoms with Crippen molar-refractivity contribution in [3.8, 4) is 28.7 Å². The number of aromatic nitrogens is 2. The highest BCUT2D eigenvalue weighted by atomic mass is 19.1. The number of phenolic OH excluding ortho intramolecular Hbond substituents is 3. The van der Waals surface area contributed by atoms with Crippen LogP contribution in [0.3, 0.4) is 0 Å². The van der Waals surface area contributed by atoms with Crippen LogP contribution in [0.2, 0.25) is 0 Å². The van der Waals surface area contributed by atoms with E-state index in [0.29, 0.717) is 5.56 Å². The minimum Gasteiger partial charge on any atom is -0.505 e. The number of nitro groups is 1. The molecule has 3 N–H and O–H groups in total. The Morgan fingerprint density at radius 2 is 1.92 bits per heavy atom. The molecule has 0 unspecified atom stereocenters. The van der Waals surface area contributed by atoms with Gasteiger partial charge in [0.05, 0.1) is 10.5 Å². The van der Waals surface area contributed by atoms with Crippen molar-refractivity contribution < 1.29 is 29.2 Å². The Labute approximate surface area is 138 Å². The lowest BCUT2D eigenvalue weighted by Gasteiger charge is -2.01. The second-order valence-corrected chi connectivity index (χ2v) is 5.10. The van der Waals surface area contributed by atoms with Gasteiger partial charge in [0.25, 0.3) is 5.89 Å². The molecule has 10 heteroatoms. The monoisotopic (exact) mass is 347 g/mol. The number of benzene rings is 2. The molecule has 25 heavy (non-hydrogen) atoms. The van der Waals surface area contributed by atoms with Gasteiger partial charge in [-0.25, -0.2) is 4.39 Å². The van der Waals surface area contributed by atoms with Crippen LogP contribution in [0.15, 0.2) is 34.9 Å². The fourth-order valence-electron chi connectivity index (χ4n) is 2.16. The summed E-state index contributed by atoms with van der Waals surface area (Å²) in [4.78, 5) is 14.0. The van der Waals surface area contributed by atoms with E-state index < -0.39 is 33.7 Å². The summed E-state index contributed by atoms with van der Waals surface area (Å²) < 4.78 is 18.0. The summed E-state index contributed by atoms with van der Waals surface area (Å²) in [5.41, 5.74) is -0.147. The maximum Gasteiger partial charge on any atom is 0.315 e. The normalized spacial score (nSPS) is 10.8. The predicted molar refractivity (Wildman–Crippen MR) is 80.6 cm³/mol. The largest absolute Gasteiger partial charge is 0.505 e. The Bertz CT molecular complexity index is 972. The SMILES string of the molecule is O=[N+]([O-])c1cc(-c2nc(Cc3ccc(F)c(O)c3)no2)cc(O)c1O. The zero-order valence-corrected chi connectivity index (χ0v) is 12.4. The summed E-state index contributed by atoms with van der Waals surface area (Å²) in [6.07, 6.45) is 0.115. The highest BCUT2D eigenvalue weighted by Crippen LogP contribution is 2.38. The van der Waals surface area contributed by atoms with Gasteiger partial charge in [-0.2, -0.15) is 4.98 Å². The van der Waals surface area contributed by atoms with E-state index in [1.807, 2.05) is 0 Å². The number of rotatable bonds is 4. The van der Waals surface area contributed by atoms with Gasteiger partial charge in [0.1, 0.15) is 0 Å². The third-order valence-electron chi connectivity index (χ3n) is 3.35. The quantitative estimate of drug-likeness (QED) is 0.371. The molecule has 128 valence electrons. The third-order valence-corrected chi connectivity index (χ3v) is 3.35. The fraction of sp³-hybridized carbons (Fsp3) is 0.0667. The first-order valence-electron chi connectivity index (χ1n) is 6.86. The van der Waals surface area contributed by atoms with Crippen molar-refractivity contribution in [3.05, 3.63) is 57.7 Å². The van der Waals surface area contributed by atoms with Crippen LogP contribution in [0.25, 0.3) is 11.5 Å². The van der Waals surface area contributed by atoms with Gasteiger partial charge in [-0.1, -0.05) is 11.2 Å². The van der Waals surface area contributed by atoms with E-state index in [0.717, 1.165) is 18.2 Å². The van der Waals surface area contributed by atoms with Gasteiger partial charge in [-0.15, -0.1) is 0 Å². The second-order valence-electron chi connectivity index (χ2n) is 5.10. The number of nitro benzene ring substituents is 1. The molecule has 0 aliphatic heterocycles. The van der Waals surface area contributed by atoms with Crippen molar-refractivity contribution in [2.75, 3.05) is 0 Å². The number of hydrogen-bond acceptors (Lipinski definition) is 8. The Morgan fingerprint density at radius 1 is 1.16 bits per heavy atom. The summed E-state index contributed by atoms with van der Waals surface area (Å²) in [6, 6.07) is 5.76. The summed E-state index contributed by atoms with van der Waals surface area (Å²) in [5, 5.41) is 43.0. The highest BCUT2D eigenvalue weighted by molar-refractivity contribution is 5.67. The average molecular weight is 347 g/mol. The highest BCUT2D eigenvalue weighted by Gasteiger charge is 2.22. The van der Waals surface area contributed by atoms with E-state index in [1.165, 1.54) is 12.1 Å². The zero-order chi connectivity index (χ0) is 18.1. The molecule has 0 amide bonds. The van der Waals surface area contributed by atoms with Crippen molar-refractivity contribution in [1.82, 2.24) is 10.1 Å². The van der Waals surface area contributed by atoms with Gasteiger partial charge in [-0.05, 0) is 23.8 Å². The molecule has 0 fully saturated rings. The topological polar surface area (TPSA) is 143 Å². The van der Waals surface area contributed by atoms with Crippen molar-refractivity contribution in [2.24, 2.45) is 0 Å². The van der Waals surface area contributed by atoms with Crippen molar-refractivity contribution >= 4 is 5.69 Å². The van der Waals surface area contributed by atoms with Crippen molar-refractivity contribution in [3.63, 3.8) is 0 Å². The number of hydrogen-bond donors (Lipinski definition) is 3. The molecule has 0 spiro atoms. The van der Waals surface area contributed by atoms with E-state index in [2.05, 4.69) is 10.1 Å². The van der Waals surface area contributed by atoms with Crippen LogP contribution >= 0.6 is 0 Å². The summed E-state index contributed by atoms with van der Waals surface area (Å²) in [5.74, 6) is -2.77. The summed E-state index contributed by atoms with van der Waals surface area (Å²) >= 11 is 0. The number of aromatic hydroxyl groups is 3. The number of halogens is 1. The van der Waals surface area contributed by atoms with E-state index in [-0.39, 0.29) is 23.7 Å². The van der Waals surface area contributed by atoms with E-state index in [4.69, 9.17) is 4.52 Å². The van der Waals surface area contributed by atoms with Crippen LogP contribution in [0.5, 0.6) is 17.2 Å². The first-order valence-corrected chi connectivity index (χ1v) is 6.86. The van der Waals surface area contributed by atoms with Gasteiger partial charge < -0.3 is 19.8 Å². The number of nitrogens with zero attached hydrogens (tertiary/aromatic N) is 3. The average Bonchev–Trinajstić information content (AvgIpc) is 3.01. The van der Waals surface area contributed by atoms with Crippen LogP contribution in [0.1, 0.15) is 11.4 Å². The molecule has 3 aromatic rings. The Hall–Kier alpha value is -3.69. The molecule has 0 saturated heterocycles. The maximum atomic E-state index is 13.0. The molecular formula is C15H10FN3O6. The van der Waals surface area contributed by atoms with E-state index >= 15 is 0 Å². The van der Waals surface area contributed by atoms with Gasteiger partial charge in [-0.3, -0.25) is 10.1 Å². The van der Waals surface area contributed by atoms with Crippen LogP contribution in [-0.2, 0) is 6.42 Å². The van der Waals surface area contributed by atoms with E-state index in [9.17, 15) is 29.8 Å². The smallest absolute Gasteiger partial charge is 0.315 e. The predicted octanol–water partition coefficient (Wildman–Crippen LogP) is 2.49. The molecule has 1 aromatic heterocycles. The molecule has 9 nitrogen and oxygen atoms in total. The Morgan fingerprint density at radius 3 is 2.60 bits per heavy atom. The first kappa shape index (κ1) is 16.2. The fourth-order valence-corrected chi connectivity index (χ4v) is 2.16. The third kappa shape index (κ3) is 3.17. The van der Waals surface area contributed by atoms with Crippen LogP contribution < -0.4 is 0 Å². The molecule has 0 aliphatic carbocycles. The second kappa shape index (κ2) is 6.07. The Kier molecular flexibility index (Phi) is 3.93. The molecule has 0 radical (unpaired) electrons. The van der Waals surface area contributed by atoms with Gasteiger partial charge in [0.2, 0.25) is 5.75 Å². The van der Waals surface area contributed by atoms with Crippen LogP contribution in [0.4, 0.5) is 10.1 Å².